The number of nitrogens with one attached hydrogen (secondary N) is 1. The number of hydrogen-bond acceptors (Lipinski definition) is 4. The van der Waals surface area contributed by atoms with E-state index in [0.717, 1.165) is 45.6 Å². The molecule has 0 aliphatic carbocycles. The Kier molecular flexibility index (Phi) is 6.63. The van der Waals surface area contributed by atoms with E-state index in [9.17, 15) is 9.59 Å². The fourth-order valence-electron chi connectivity index (χ4n) is 3.80. The molecule has 0 bridgehead atoms. The second-order valence-corrected chi connectivity index (χ2v) is 9.10. The van der Waals surface area contributed by atoms with Gasteiger partial charge >= 0.3 is 5.69 Å². The zero-order chi connectivity index (χ0) is 21.0. The van der Waals surface area contributed by atoms with Gasteiger partial charge in [0.1, 0.15) is 0 Å². The molecule has 1 aromatic heterocycles. The van der Waals surface area contributed by atoms with Crippen molar-refractivity contribution < 1.29 is 0 Å². The molecule has 1 fully saturated rings. The Balaban J connectivity index is 1.42. The summed E-state index contributed by atoms with van der Waals surface area (Å²) in [6, 6.07) is 9.00. The average molecular weight is 399 g/mol. The molecule has 0 amide bonds. The maximum Gasteiger partial charge on any atom is 0.328 e. The topological polar surface area (TPSA) is 61.3 Å². The maximum absolute atomic E-state index is 11.8. The molecule has 1 aliphatic rings. The van der Waals surface area contributed by atoms with Gasteiger partial charge in [0.15, 0.2) is 0 Å². The second kappa shape index (κ2) is 8.99. The maximum atomic E-state index is 11.8. The Hall–Kier alpha value is -2.34. The lowest BCUT2D eigenvalue weighted by atomic mass is 9.87. The van der Waals surface area contributed by atoms with Gasteiger partial charge in [-0.05, 0) is 49.4 Å². The van der Waals surface area contributed by atoms with Crippen LogP contribution in [0.15, 0.2) is 40.1 Å². The molecule has 29 heavy (non-hydrogen) atoms. The lowest BCUT2D eigenvalue weighted by Crippen LogP contribution is -2.46. The number of anilines is 1. The summed E-state index contributed by atoms with van der Waals surface area (Å²) in [5, 5.41) is 0. The van der Waals surface area contributed by atoms with Crippen LogP contribution in [0.3, 0.4) is 0 Å². The first-order chi connectivity index (χ1) is 13.7. The third-order valence-electron chi connectivity index (χ3n) is 5.78. The van der Waals surface area contributed by atoms with Crippen LogP contribution in [0.4, 0.5) is 5.69 Å². The first-order valence-corrected chi connectivity index (χ1v) is 10.6. The Morgan fingerprint density at radius 1 is 0.931 bits per heavy atom. The third kappa shape index (κ3) is 5.60. The molecule has 1 aromatic carbocycles. The number of piperazine rings is 1. The van der Waals surface area contributed by atoms with Gasteiger partial charge < -0.3 is 9.47 Å². The number of hydrogen-bond donors (Lipinski definition) is 1. The van der Waals surface area contributed by atoms with Crippen LogP contribution in [-0.4, -0.2) is 47.2 Å². The van der Waals surface area contributed by atoms with E-state index in [2.05, 4.69) is 59.8 Å². The first kappa shape index (κ1) is 21.4. The van der Waals surface area contributed by atoms with Gasteiger partial charge in [-0.3, -0.25) is 14.7 Å². The van der Waals surface area contributed by atoms with E-state index < -0.39 is 0 Å². The minimum absolute atomic E-state index is 0.191. The number of rotatable bonds is 6. The van der Waals surface area contributed by atoms with E-state index >= 15 is 0 Å². The van der Waals surface area contributed by atoms with Crippen LogP contribution in [0, 0.1) is 6.92 Å². The van der Waals surface area contributed by atoms with Crippen molar-refractivity contribution in [3.63, 3.8) is 0 Å². The van der Waals surface area contributed by atoms with Crippen molar-refractivity contribution in [2.24, 2.45) is 0 Å². The van der Waals surface area contributed by atoms with Crippen LogP contribution < -0.4 is 16.1 Å². The molecular weight excluding hydrogens is 364 g/mol. The summed E-state index contributed by atoms with van der Waals surface area (Å²) >= 11 is 0. The minimum atomic E-state index is -0.313. The van der Waals surface area contributed by atoms with Crippen molar-refractivity contribution in [2.75, 3.05) is 37.6 Å². The molecule has 6 nitrogen and oxygen atoms in total. The highest BCUT2D eigenvalue weighted by atomic mass is 16.2. The van der Waals surface area contributed by atoms with Crippen molar-refractivity contribution in [2.45, 2.75) is 52.5 Å². The van der Waals surface area contributed by atoms with Crippen molar-refractivity contribution in [3.8, 4) is 0 Å². The van der Waals surface area contributed by atoms with Crippen molar-refractivity contribution >= 4 is 5.69 Å². The van der Waals surface area contributed by atoms with E-state index in [1.165, 1.54) is 11.3 Å². The molecule has 6 heteroatoms. The number of aromatic amines is 1. The number of aromatic nitrogens is 2. The van der Waals surface area contributed by atoms with E-state index in [-0.39, 0.29) is 16.7 Å². The van der Waals surface area contributed by atoms with Gasteiger partial charge in [0.05, 0.1) is 0 Å². The SMILES string of the molecule is Cc1cn(CCCCN2CCN(c3ccc(C(C)(C)C)cc3)CC2)c(=O)[nH]c1=O. The lowest BCUT2D eigenvalue weighted by Gasteiger charge is -2.36. The Morgan fingerprint density at radius 3 is 2.17 bits per heavy atom. The van der Waals surface area contributed by atoms with Crippen LogP contribution in [0.1, 0.15) is 44.7 Å². The molecule has 0 radical (unpaired) electrons. The van der Waals surface area contributed by atoms with Gasteiger partial charge in [-0.2, -0.15) is 0 Å². The largest absolute Gasteiger partial charge is 0.369 e. The van der Waals surface area contributed by atoms with Gasteiger partial charge in [-0.25, -0.2) is 4.79 Å². The van der Waals surface area contributed by atoms with Crippen LogP contribution in [-0.2, 0) is 12.0 Å². The standard InChI is InChI=1S/C23H34N4O2/c1-18-17-27(22(29)24-21(18)28)12-6-5-11-25-13-15-26(16-14-25)20-9-7-19(8-10-20)23(2,3)4/h7-10,17H,5-6,11-16H2,1-4H3,(H,24,28,29). The van der Waals surface area contributed by atoms with E-state index in [1.54, 1.807) is 17.7 Å². The molecule has 1 N–H and O–H groups in total. The Morgan fingerprint density at radius 2 is 1.55 bits per heavy atom. The predicted molar refractivity (Wildman–Crippen MR) is 119 cm³/mol. The zero-order valence-corrected chi connectivity index (χ0v) is 18.2. The van der Waals surface area contributed by atoms with Gasteiger partial charge in [-0.1, -0.05) is 32.9 Å². The summed E-state index contributed by atoms with van der Waals surface area (Å²) in [4.78, 5) is 30.6. The smallest absolute Gasteiger partial charge is 0.328 e. The highest BCUT2D eigenvalue weighted by molar-refractivity contribution is 5.49. The monoisotopic (exact) mass is 398 g/mol. The molecule has 2 heterocycles. The number of aryl methyl sites for hydroxylation is 2. The predicted octanol–water partition coefficient (Wildman–Crippen LogP) is 2.74. The molecular formula is C23H34N4O2. The molecule has 3 rings (SSSR count). The van der Waals surface area contributed by atoms with Crippen molar-refractivity contribution in [1.29, 1.82) is 0 Å². The van der Waals surface area contributed by atoms with Crippen LogP contribution in [0.2, 0.25) is 0 Å². The summed E-state index contributed by atoms with van der Waals surface area (Å²) in [7, 11) is 0. The van der Waals surface area contributed by atoms with Gasteiger partial charge in [0.2, 0.25) is 0 Å². The summed E-state index contributed by atoms with van der Waals surface area (Å²) in [5.74, 6) is 0. The average Bonchev–Trinajstić information content (AvgIpc) is 2.69. The van der Waals surface area contributed by atoms with Crippen LogP contribution in [0.25, 0.3) is 0 Å². The molecule has 1 aliphatic heterocycles. The number of unbranched alkanes of at least 4 members (excludes halogenated alkanes) is 1. The number of nitrogens with zero attached hydrogens (tertiary/aromatic N) is 3. The fourth-order valence-corrected chi connectivity index (χ4v) is 3.80. The highest BCUT2D eigenvalue weighted by Gasteiger charge is 2.18. The molecule has 0 atom stereocenters. The molecule has 0 unspecified atom stereocenters. The van der Waals surface area contributed by atoms with Gasteiger partial charge in [0, 0.05) is 50.2 Å². The van der Waals surface area contributed by atoms with E-state index in [4.69, 9.17) is 0 Å². The van der Waals surface area contributed by atoms with Crippen LogP contribution >= 0.6 is 0 Å². The molecule has 158 valence electrons. The van der Waals surface area contributed by atoms with Crippen LogP contribution in [0.5, 0.6) is 0 Å². The van der Waals surface area contributed by atoms with Gasteiger partial charge in [0.25, 0.3) is 5.56 Å². The Bertz CT molecular complexity index is 914. The first-order valence-electron chi connectivity index (χ1n) is 10.6. The normalized spacial score (nSPS) is 15.7. The van der Waals surface area contributed by atoms with E-state index in [1.807, 2.05) is 0 Å². The quantitative estimate of drug-likeness (QED) is 0.760. The Labute approximate surface area is 173 Å². The minimum Gasteiger partial charge on any atom is -0.369 e. The number of H-pyrrole nitrogens is 1. The highest BCUT2D eigenvalue weighted by Crippen LogP contribution is 2.25. The van der Waals surface area contributed by atoms with Gasteiger partial charge in [-0.15, -0.1) is 0 Å². The fraction of sp³-hybridized carbons (Fsp3) is 0.565. The third-order valence-corrected chi connectivity index (χ3v) is 5.78. The lowest BCUT2D eigenvalue weighted by molar-refractivity contribution is 0.251. The number of benzene rings is 1. The van der Waals surface area contributed by atoms with Crippen molar-refractivity contribution in [3.05, 3.63) is 62.4 Å². The summed E-state index contributed by atoms with van der Waals surface area (Å²) < 4.78 is 1.61. The van der Waals surface area contributed by atoms with Crippen molar-refractivity contribution in [1.82, 2.24) is 14.5 Å². The molecule has 2 aromatic rings. The van der Waals surface area contributed by atoms with E-state index in [0.29, 0.717) is 12.1 Å². The summed E-state index contributed by atoms with van der Waals surface area (Å²) in [6.07, 6.45) is 3.63. The molecule has 0 saturated carbocycles. The molecule has 0 spiro atoms. The second-order valence-electron chi connectivity index (χ2n) is 9.10. The zero-order valence-electron chi connectivity index (χ0n) is 18.2. The summed E-state index contributed by atoms with van der Waals surface area (Å²) in [6.45, 7) is 14.4. The molecule has 1 saturated heterocycles. The summed E-state index contributed by atoms with van der Waals surface area (Å²) in [5.41, 5.74) is 2.85.